The van der Waals surface area contributed by atoms with E-state index in [9.17, 15) is 10.5 Å². The van der Waals surface area contributed by atoms with E-state index in [1.54, 1.807) is 0 Å². The Labute approximate surface area is 166 Å². The summed E-state index contributed by atoms with van der Waals surface area (Å²) in [6.45, 7) is 8.66. The van der Waals surface area contributed by atoms with Gasteiger partial charge >= 0.3 is 11.9 Å². The zero-order chi connectivity index (χ0) is 20.5. The van der Waals surface area contributed by atoms with E-state index >= 15 is 0 Å². The molecule has 0 aliphatic heterocycles. The molecule has 0 atom stereocenters. The topological polar surface area (TPSA) is 92.3 Å². The van der Waals surface area contributed by atoms with Gasteiger partial charge in [-0.1, -0.05) is 26.7 Å². The van der Waals surface area contributed by atoms with Crippen LogP contribution in [0.25, 0.3) is 11.5 Å². The van der Waals surface area contributed by atoms with Crippen LogP contribution < -0.4 is 9.47 Å². The second kappa shape index (κ2) is 10.5. The minimum atomic E-state index is 0.209. The molecule has 0 aliphatic rings. The van der Waals surface area contributed by atoms with E-state index in [1.807, 2.05) is 13.8 Å². The number of unbranched alkanes of at least 4 members (excludes halogenated alkanes) is 2. The molecule has 0 radical (unpaired) electrons. The van der Waals surface area contributed by atoms with Crippen molar-refractivity contribution in [2.45, 2.75) is 66.2 Å². The van der Waals surface area contributed by atoms with Crippen molar-refractivity contribution in [3.63, 3.8) is 0 Å². The van der Waals surface area contributed by atoms with Gasteiger partial charge in [0, 0.05) is 11.1 Å². The van der Waals surface area contributed by atoms with E-state index in [0.717, 1.165) is 36.8 Å². The number of ether oxygens (including phenoxy) is 2. The van der Waals surface area contributed by atoms with E-state index < -0.39 is 0 Å². The number of furan rings is 2. The third-order valence-electron chi connectivity index (χ3n) is 4.49. The molecule has 150 valence electrons. The summed E-state index contributed by atoms with van der Waals surface area (Å²) < 4.78 is 23.0. The molecule has 2 rings (SSSR count). The highest BCUT2D eigenvalue weighted by Gasteiger charge is 2.30. The predicted octanol–water partition coefficient (Wildman–Crippen LogP) is 5.77. The van der Waals surface area contributed by atoms with Gasteiger partial charge in [-0.15, -0.1) is 0 Å². The summed E-state index contributed by atoms with van der Waals surface area (Å²) in [6, 6.07) is 4.43. The van der Waals surface area contributed by atoms with Gasteiger partial charge in [0.25, 0.3) is 0 Å². The van der Waals surface area contributed by atoms with Gasteiger partial charge < -0.3 is 18.3 Å². The average molecular weight is 384 g/mol. The predicted molar refractivity (Wildman–Crippen MR) is 105 cm³/mol. The van der Waals surface area contributed by atoms with Crippen LogP contribution in [0.1, 0.15) is 75.6 Å². The molecule has 0 fully saturated rings. The maximum Gasteiger partial charge on any atom is 0.303 e. The Morgan fingerprint density at radius 1 is 0.714 bits per heavy atom. The van der Waals surface area contributed by atoms with E-state index in [4.69, 9.17) is 18.3 Å². The molecule has 0 amide bonds. The Morgan fingerprint density at radius 2 is 1.11 bits per heavy atom. The van der Waals surface area contributed by atoms with Crippen LogP contribution in [-0.2, 0) is 12.8 Å². The third-order valence-corrected chi connectivity index (χ3v) is 4.49. The van der Waals surface area contributed by atoms with Crippen LogP contribution in [0.5, 0.6) is 11.9 Å². The van der Waals surface area contributed by atoms with Gasteiger partial charge in [0.05, 0.1) is 13.2 Å². The molecule has 0 saturated heterocycles. The first-order valence-electron chi connectivity index (χ1n) is 10.0. The van der Waals surface area contributed by atoms with Crippen LogP contribution in [0.15, 0.2) is 8.83 Å². The fraction of sp³-hybridized carbons (Fsp3) is 0.545. The lowest BCUT2D eigenvalue weighted by molar-refractivity contribution is 0.248. The van der Waals surface area contributed by atoms with Gasteiger partial charge in [-0.2, -0.15) is 10.5 Å². The Morgan fingerprint density at radius 3 is 1.39 bits per heavy atom. The molecule has 6 nitrogen and oxygen atoms in total. The molecule has 0 saturated carbocycles. The summed E-state index contributed by atoms with van der Waals surface area (Å²) in [5.74, 6) is 1.37. The summed E-state index contributed by atoms with van der Waals surface area (Å²) in [5.41, 5.74) is 2.35. The van der Waals surface area contributed by atoms with Crippen LogP contribution in [0.4, 0.5) is 0 Å². The highest BCUT2D eigenvalue weighted by Crippen LogP contribution is 2.43. The quantitative estimate of drug-likeness (QED) is 0.488. The molecule has 2 aromatic heterocycles. The molecular weight excluding hydrogens is 356 g/mol. The highest BCUT2D eigenvalue weighted by atomic mass is 16.6. The molecule has 0 spiro atoms. The summed E-state index contributed by atoms with van der Waals surface area (Å²) in [6.07, 6.45) is 5.11. The van der Waals surface area contributed by atoms with Crippen molar-refractivity contribution in [1.82, 2.24) is 0 Å². The smallest absolute Gasteiger partial charge is 0.303 e. The van der Waals surface area contributed by atoms with Crippen LogP contribution in [0, 0.1) is 22.7 Å². The molecule has 6 heteroatoms. The molecular formula is C22H28N2O4. The van der Waals surface area contributed by atoms with Crippen molar-refractivity contribution in [2.24, 2.45) is 0 Å². The van der Waals surface area contributed by atoms with Crippen molar-refractivity contribution in [2.75, 3.05) is 13.2 Å². The minimum absolute atomic E-state index is 0.209. The van der Waals surface area contributed by atoms with Crippen molar-refractivity contribution >= 4 is 0 Å². The molecule has 2 aromatic rings. The number of nitrogens with zero attached hydrogens (tertiary/aromatic N) is 2. The molecule has 0 aliphatic carbocycles. The van der Waals surface area contributed by atoms with Gasteiger partial charge in [0.2, 0.25) is 0 Å². The molecule has 0 unspecified atom stereocenters. The normalized spacial score (nSPS) is 10.5. The number of rotatable bonds is 11. The third kappa shape index (κ3) is 4.34. The van der Waals surface area contributed by atoms with Crippen LogP contribution in [-0.4, -0.2) is 13.2 Å². The first-order valence-corrected chi connectivity index (χ1v) is 10.0. The van der Waals surface area contributed by atoms with E-state index in [-0.39, 0.29) is 11.9 Å². The zero-order valence-corrected chi connectivity index (χ0v) is 17.2. The van der Waals surface area contributed by atoms with Gasteiger partial charge in [-0.05, 0) is 39.5 Å². The van der Waals surface area contributed by atoms with Gasteiger partial charge in [-0.3, -0.25) is 0 Å². The minimum Gasteiger partial charge on any atom is -0.464 e. The summed E-state index contributed by atoms with van der Waals surface area (Å²) in [4.78, 5) is 0. The van der Waals surface area contributed by atoms with Crippen LogP contribution in [0.3, 0.4) is 0 Å². The SMILES string of the molecule is CCCCc1c(-c2oc(OCC)c(C#N)c2CCCC)oc(OCC)c1C#N. The Bertz CT molecular complexity index is 792. The maximum atomic E-state index is 9.69. The largest absolute Gasteiger partial charge is 0.464 e. The summed E-state index contributed by atoms with van der Waals surface area (Å²) >= 11 is 0. The van der Waals surface area contributed by atoms with E-state index in [0.29, 0.717) is 48.7 Å². The molecule has 28 heavy (non-hydrogen) atoms. The van der Waals surface area contributed by atoms with Crippen molar-refractivity contribution < 1.29 is 18.3 Å². The fourth-order valence-electron chi connectivity index (χ4n) is 3.13. The van der Waals surface area contributed by atoms with Crippen molar-refractivity contribution in [1.29, 1.82) is 10.5 Å². The maximum absolute atomic E-state index is 9.69. The fourth-order valence-corrected chi connectivity index (χ4v) is 3.13. The molecule has 0 aromatic carbocycles. The lowest BCUT2D eigenvalue weighted by Crippen LogP contribution is -1.95. The Balaban J connectivity index is 2.71. The van der Waals surface area contributed by atoms with Crippen molar-refractivity contribution in [3.05, 3.63) is 22.3 Å². The van der Waals surface area contributed by atoms with E-state index in [2.05, 4.69) is 26.0 Å². The molecule has 0 bridgehead atoms. The lowest BCUT2D eigenvalue weighted by Gasteiger charge is -2.03. The van der Waals surface area contributed by atoms with E-state index in [1.165, 1.54) is 0 Å². The molecule has 0 N–H and O–H groups in total. The Hall–Kier alpha value is -2.86. The summed E-state index contributed by atoms with van der Waals surface area (Å²) in [5, 5.41) is 19.4. The monoisotopic (exact) mass is 384 g/mol. The second-order valence-electron chi connectivity index (χ2n) is 6.44. The molecule has 2 heterocycles. The lowest BCUT2D eigenvalue weighted by atomic mass is 9.98. The number of hydrogen-bond acceptors (Lipinski definition) is 6. The second-order valence-corrected chi connectivity index (χ2v) is 6.44. The Kier molecular flexibility index (Phi) is 8.02. The van der Waals surface area contributed by atoms with Crippen LogP contribution in [0.2, 0.25) is 0 Å². The van der Waals surface area contributed by atoms with Gasteiger partial charge in [-0.25, -0.2) is 0 Å². The highest BCUT2D eigenvalue weighted by molar-refractivity contribution is 5.70. The van der Waals surface area contributed by atoms with Gasteiger partial charge in [0.15, 0.2) is 11.5 Å². The number of nitriles is 2. The van der Waals surface area contributed by atoms with Crippen molar-refractivity contribution in [3.8, 4) is 35.6 Å². The standard InChI is InChI=1S/C22H28N2O4/c1-5-9-11-15-17(13-23)21(25-7-3)27-19(15)20-16(12-10-6-2)18(14-24)22(28-20)26-8-4/h5-12H2,1-4H3. The average Bonchev–Trinajstić information content (AvgIpc) is 3.22. The van der Waals surface area contributed by atoms with Crippen LogP contribution >= 0.6 is 0 Å². The first kappa shape index (κ1) is 21.4. The number of hydrogen-bond donors (Lipinski definition) is 0. The van der Waals surface area contributed by atoms with Gasteiger partial charge in [0.1, 0.15) is 23.3 Å². The first-order chi connectivity index (χ1) is 13.7. The zero-order valence-electron chi connectivity index (χ0n) is 17.2. The summed E-state index contributed by atoms with van der Waals surface area (Å²) in [7, 11) is 0.